The second-order valence-corrected chi connectivity index (χ2v) is 3.08. The molecule has 0 amide bonds. The maximum atomic E-state index is 5.99. The van der Waals surface area contributed by atoms with Gasteiger partial charge >= 0.3 is 0 Å². The first-order valence-electron chi connectivity index (χ1n) is 3.29. The molecule has 2 heteroatoms. The summed E-state index contributed by atoms with van der Waals surface area (Å²) in [7, 11) is 2.08. The van der Waals surface area contributed by atoms with Gasteiger partial charge in [0.2, 0.25) is 0 Å². The Labute approximate surface area is 63.5 Å². The fraction of sp³-hybridized carbons (Fsp3) is 0.714. The smallest absolute Gasteiger partial charge is 0.125 e. The van der Waals surface area contributed by atoms with Gasteiger partial charge in [-0.25, -0.2) is 0 Å². The third-order valence-corrected chi connectivity index (χ3v) is 1.38. The maximum Gasteiger partial charge on any atom is 0.142 e. The van der Waals surface area contributed by atoms with Crippen LogP contribution in [0.1, 0.15) is 20.8 Å². The third-order valence-electron chi connectivity index (χ3n) is 1.10. The molecule has 0 aliphatic carbocycles. The van der Waals surface area contributed by atoms with Gasteiger partial charge in [-0.1, -0.05) is 32.3 Å². The van der Waals surface area contributed by atoms with Crippen LogP contribution in [-0.2, 0) is 0 Å². The molecule has 0 saturated heterocycles. The fourth-order valence-electron chi connectivity index (χ4n) is 0.793. The van der Waals surface area contributed by atoms with Crippen LogP contribution in [0.15, 0.2) is 12.2 Å². The van der Waals surface area contributed by atoms with Crippen molar-refractivity contribution in [3.63, 3.8) is 0 Å². The highest BCUT2D eigenvalue weighted by Crippen LogP contribution is 2.14. The Balaban J connectivity index is 3.70. The van der Waals surface area contributed by atoms with Crippen LogP contribution in [0.25, 0.3) is 0 Å². The molecule has 9 heavy (non-hydrogen) atoms. The fourth-order valence-corrected chi connectivity index (χ4v) is 1.07. The van der Waals surface area contributed by atoms with Crippen LogP contribution in [0.3, 0.4) is 0 Å². The van der Waals surface area contributed by atoms with Gasteiger partial charge in [-0.3, -0.25) is 0 Å². The second kappa shape index (κ2) is 4.00. The number of allylic oxidation sites excluding steroid dienone is 2. The minimum Gasteiger partial charge on any atom is -0.125 e. The summed E-state index contributed by atoms with van der Waals surface area (Å²) in [6.07, 6.45) is 4.97. The van der Waals surface area contributed by atoms with E-state index in [1.165, 1.54) is 0 Å². The maximum absolute atomic E-state index is 5.99. The van der Waals surface area contributed by atoms with E-state index in [4.69, 9.17) is 11.6 Å². The molecular formula is C7H13BCl. The number of hydrogen-bond acceptors (Lipinski definition) is 0. The van der Waals surface area contributed by atoms with E-state index in [0.717, 1.165) is 6.32 Å². The average molecular weight is 143 g/mol. The minimum absolute atomic E-state index is 0.233. The molecule has 0 rings (SSSR count). The molecule has 0 aliphatic rings. The minimum atomic E-state index is -0.233. The summed E-state index contributed by atoms with van der Waals surface area (Å²) in [6, 6.07) is 0. The van der Waals surface area contributed by atoms with Crippen LogP contribution in [0, 0.1) is 0 Å². The summed E-state index contributed by atoms with van der Waals surface area (Å²) < 4.78 is -0.233. The van der Waals surface area contributed by atoms with Gasteiger partial charge in [0.1, 0.15) is 7.28 Å². The molecule has 0 heterocycles. The van der Waals surface area contributed by atoms with Crippen LogP contribution >= 0.6 is 11.6 Å². The predicted octanol–water partition coefficient (Wildman–Crippen LogP) is 2.66. The lowest BCUT2D eigenvalue weighted by Gasteiger charge is -2.13. The van der Waals surface area contributed by atoms with Crippen molar-refractivity contribution in [2.24, 2.45) is 0 Å². The van der Waals surface area contributed by atoms with Gasteiger partial charge in [0.05, 0.1) is 0 Å². The molecule has 0 aromatic heterocycles. The van der Waals surface area contributed by atoms with Gasteiger partial charge in [-0.05, 0) is 6.92 Å². The quantitative estimate of drug-likeness (QED) is 0.324. The van der Waals surface area contributed by atoms with Gasteiger partial charge in [0.25, 0.3) is 0 Å². The topological polar surface area (TPSA) is 0 Å². The van der Waals surface area contributed by atoms with E-state index in [9.17, 15) is 0 Å². The highest BCUT2D eigenvalue weighted by atomic mass is 35.5. The largest absolute Gasteiger partial charge is 0.142 e. The van der Waals surface area contributed by atoms with Crippen molar-refractivity contribution in [3.05, 3.63) is 12.2 Å². The van der Waals surface area contributed by atoms with Gasteiger partial charge in [-0.2, -0.15) is 0 Å². The van der Waals surface area contributed by atoms with E-state index in [-0.39, 0.29) is 4.77 Å². The molecule has 0 aromatic carbocycles. The Hall–Kier alpha value is 0.0949. The van der Waals surface area contributed by atoms with Crippen LogP contribution < -0.4 is 0 Å². The summed E-state index contributed by atoms with van der Waals surface area (Å²) >= 11 is 5.99. The molecule has 0 N–H and O–H groups in total. The molecule has 1 radical (unpaired) electrons. The second-order valence-electron chi connectivity index (χ2n) is 2.26. The zero-order valence-corrected chi connectivity index (χ0v) is 7.07. The van der Waals surface area contributed by atoms with E-state index in [2.05, 4.69) is 14.2 Å². The standard InChI is InChI=1S/C7H13BCl/c1-4-6-7(3,9)8-5-2/h4,6H,5H2,1-3H3. The molecule has 0 nitrogen and oxygen atoms in total. The number of rotatable bonds is 3. The van der Waals surface area contributed by atoms with E-state index >= 15 is 0 Å². The van der Waals surface area contributed by atoms with E-state index < -0.39 is 0 Å². The Morgan fingerprint density at radius 1 is 1.67 bits per heavy atom. The van der Waals surface area contributed by atoms with Crippen LogP contribution in [0.5, 0.6) is 0 Å². The average Bonchev–Trinajstić information content (AvgIpc) is 1.64. The highest BCUT2D eigenvalue weighted by Gasteiger charge is 2.14. The highest BCUT2D eigenvalue weighted by molar-refractivity contribution is 6.57. The number of alkyl halides is 1. The van der Waals surface area contributed by atoms with E-state index in [0.29, 0.717) is 0 Å². The summed E-state index contributed by atoms with van der Waals surface area (Å²) in [5.74, 6) is 0. The first-order chi connectivity index (χ1) is 4.12. The van der Waals surface area contributed by atoms with Crippen molar-refractivity contribution in [2.75, 3.05) is 0 Å². The van der Waals surface area contributed by atoms with Crippen molar-refractivity contribution < 1.29 is 0 Å². The van der Waals surface area contributed by atoms with Gasteiger partial charge in [-0.15, -0.1) is 11.6 Å². The first kappa shape index (κ1) is 9.09. The van der Waals surface area contributed by atoms with Gasteiger partial charge in [0.15, 0.2) is 0 Å². The zero-order chi connectivity index (χ0) is 7.33. The summed E-state index contributed by atoms with van der Waals surface area (Å²) in [4.78, 5) is 0. The van der Waals surface area contributed by atoms with Crippen molar-refractivity contribution >= 4 is 18.9 Å². The van der Waals surface area contributed by atoms with Crippen LogP contribution in [0.4, 0.5) is 0 Å². The molecule has 0 spiro atoms. The Morgan fingerprint density at radius 2 is 2.22 bits per heavy atom. The van der Waals surface area contributed by atoms with Crippen molar-refractivity contribution in [1.29, 1.82) is 0 Å². The van der Waals surface area contributed by atoms with Crippen LogP contribution in [0.2, 0.25) is 6.32 Å². The molecule has 51 valence electrons. The lowest BCUT2D eigenvalue weighted by molar-refractivity contribution is 1.08. The normalized spacial score (nSPS) is 17.8. The summed E-state index contributed by atoms with van der Waals surface area (Å²) in [5, 5.41) is 0. The molecule has 1 atom stereocenters. The SMILES string of the molecule is CC=CC(C)(Cl)[B]CC. The number of halogens is 1. The first-order valence-corrected chi connectivity index (χ1v) is 3.67. The summed E-state index contributed by atoms with van der Waals surface area (Å²) in [5.41, 5.74) is 0. The molecule has 0 aliphatic heterocycles. The summed E-state index contributed by atoms with van der Waals surface area (Å²) in [6.45, 7) is 6.05. The van der Waals surface area contributed by atoms with Crippen molar-refractivity contribution in [1.82, 2.24) is 0 Å². The Morgan fingerprint density at radius 3 is 2.56 bits per heavy atom. The van der Waals surface area contributed by atoms with Gasteiger partial charge < -0.3 is 0 Å². The Bertz CT molecular complexity index is 97.1. The van der Waals surface area contributed by atoms with Crippen molar-refractivity contribution in [3.8, 4) is 0 Å². The molecule has 1 unspecified atom stereocenters. The molecule has 0 saturated carbocycles. The van der Waals surface area contributed by atoms with E-state index in [1.807, 2.05) is 26.0 Å². The van der Waals surface area contributed by atoms with Crippen LogP contribution in [-0.4, -0.2) is 12.1 Å². The molecule has 0 bridgehead atoms. The van der Waals surface area contributed by atoms with E-state index in [1.54, 1.807) is 0 Å². The Kier molecular flexibility index (Phi) is 4.04. The molecule has 0 aromatic rings. The predicted molar refractivity (Wildman–Crippen MR) is 45.3 cm³/mol. The van der Waals surface area contributed by atoms with Crippen molar-refractivity contribution in [2.45, 2.75) is 31.9 Å². The zero-order valence-electron chi connectivity index (χ0n) is 6.32. The molecule has 0 fully saturated rings. The molecular weight excluding hydrogens is 130 g/mol. The third kappa shape index (κ3) is 4.59. The number of hydrogen-bond donors (Lipinski definition) is 0. The monoisotopic (exact) mass is 143 g/mol. The van der Waals surface area contributed by atoms with Gasteiger partial charge in [0, 0.05) is 4.77 Å². The lowest BCUT2D eigenvalue weighted by Crippen LogP contribution is -2.21. The lowest BCUT2D eigenvalue weighted by atomic mass is 9.62.